The van der Waals surface area contributed by atoms with E-state index in [-0.39, 0.29) is 17.1 Å². The predicted octanol–water partition coefficient (Wildman–Crippen LogP) is 3.13. The molecule has 0 unspecified atom stereocenters. The van der Waals surface area contributed by atoms with Crippen LogP contribution < -0.4 is 10.1 Å². The van der Waals surface area contributed by atoms with Crippen molar-refractivity contribution in [3.8, 4) is 18.1 Å². The molecule has 0 aromatic heterocycles. The summed E-state index contributed by atoms with van der Waals surface area (Å²) in [5.41, 5.74) is 0.604. The van der Waals surface area contributed by atoms with Crippen LogP contribution in [-0.4, -0.2) is 38.3 Å². The highest BCUT2D eigenvalue weighted by Crippen LogP contribution is 2.25. The van der Waals surface area contributed by atoms with E-state index in [1.807, 2.05) is 0 Å². The van der Waals surface area contributed by atoms with Crippen molar-refractivity contribution in [3.63, 3.8) is 0 Å². The fourth-order valence-corrected chi connectivity index (χ4v) is 4.82. The lowest BCUT2D eigenvalue weighted by atomic mass is 10.2. The van der Waals surface area contributed by atoms with E-state index in [1.54, 1.807) is 36.4 Å². The summed E-state index contributed by atoms with van der Waals surface area (Å²) < 4.78 is 32.9. The molecule has 6 nitrogen and oxygen atoms in total. The zero-order chi connectivity index (χ0) is 20.0. The van der Waals surface area contributed by atoms with Crippen molar-refractivity contribution in [3.05, 3.63) is 54.1 Å². The SMILES string of the molecule is C#CCOc1cccc(NC(=O)c2ccccc2S(=O)(=O)N2CCCCC2)c1. The first-order valence-corrected chi connectivity index (χ1v) is 10.5. The zero-order valence-corrected chi connectivity index (χ0v) is 16.2. The lowest BCUT2D eigenvalue weighted by Crippen LogP contribution is -2.36. The van der Waals surface area contributed by atoms with Crippen molar-refractivity contribution < 1.29 is 17.9 Å². The Morgan fingerprint density at radius 1 is 1.11 bits per heavy atom. The van der Waals surface area contributed by atoms with Crippen LogP contribution in [-0.2, 0) is 10.0 Å². The van der Waals surface area contributed by atoms with Gasteiger partial charge in [-0.05, 0) is 37.1 Å². The third-order valence-corrected chi connectivity index (χ3v) is 6.44. The van der Waals surface area contributed by atoms with Gasteiger partial charge in [-0.3, -0.25) is 4.79 Å². The molecule has 7 heteroatoms. The number of sulfonamides is 1. The van der Waals surface area contributed by atoms with E-state index >= 15 is 0 Å². The number of terminal acetylenes is 1. The van der Waals surface area contributed by atoms with E-state index in [9.17, 15) is 13.2 Å². The van der Waals surface area contributed by atoms with E-state index in [0.717, 1.165) is 19.3 Å². The molecule has 0 saturated carbocycles. The molecular formula is C21H22N2O4S. The molecule has 146 valence electrons. The molecule has 2 aromatic carbocycles. The van der Waals surface area contributed by atoms with Gasteiger partial charge < -0.3 is 10.1 Å². The number of piperidine rings is 1. The van der Waals surface area contributed by atoms with Crippen LogP contribution in [0.2, 0.25) is 0 Å². The Balaban J connectivity index is 1.84. The molecule has 1 fully saturated rings. The molecule has 1 heterocycles. The van der Waals surface area contributed by atoms with Crippen molar-refractivity contribution in [2.45, 2.75) is 24.2 Å². The van der Waals surface area contributed by atoms with E-state index in [0.29, 0.717) is 24.5 Å². The number of nitrogens with zero attached hydrogens (tertiary/aromatic N) is 1. The smallest absolute Gasteiger partial charge is 0.257 e. The van der Waals surface area contributed by atoms with Crippen LogP contribution in [0.4, 0.5) is 5.69 Å². The lowest BCUT2D eigenvalue weighted by Gasteiger charge is -2.26. The number of carbonyl (C=O) groups excluding carboxylic acids is 1. The van der Waals surface area contributed by atoms with Crippen molar-refractivity contribution >= 4 is 21.6 Å². The van der Waals surface area contributed by atoms with Gasteiger partial charge in [-0.15, -0.1) is 6.42 Å². The van der Waals surface area contributed by atoms with E-state index in [1.165, 1.54) is 16.4 Å². The maximum Gasteiger partial charge on any atom is 0.257 e. The molecule has 0 radical (unpaired) electrons. The van der Waals surface area contributed by atoms with Gasteiger partial charge in [0.25, 0.3) is 5.91 Å². The third-order valence-electron chi connectivity index (χ3n) is 4.48. The molecule has 1 amide bonds. The Labute approximate surface area is 165 Å². The highest BCUT2D eigenvalue weighted by Gasteiger charge is 2.29. The average Bonchev–Trinajstić information content (AvgIpc) is 2.73. The Morgan fingerprint density at radius 3 is 2.61 bits per heavy atom. The van der Waals surface area contributed by atoms with Crippen molar-refractivity contribution in [2.24, 2.45) is 0 Å². The molecule has 2 aromatic rings. The van der Waals surface area contributed by atoms with Gasteiger partial charge in [-0.2, -0.15) is 4.31 Å². The topological polar surface area (TPSA) is 75.7 Å². The minimum absolute atomic E-state index is 0.0223. The molecule has 1 N–H and O–H groups in total. The van der Waals surface area contributed by atoms with Gasteiger partial charge in [0.15, 0.2) is 0 Å². The predicted molar refractivity (Wildman–Crippen MR) is 108 cm³/mol. The molecule has 0 atom stereocenters. The number of hydrogen-bond acceptors (Lipinski definition) is 4. The van der Waals surface area contributed by atoms with Crippen LogP contribution in [0.15, 0.2) is 53.4 Å². The van der Waals surface area contributed by atoms with Crippen LogP contribution >= 0.6 is 0 Å². The fourth-order valence-electron chi connectivity index (χ4n) is 3.11. The number of nitrogens with one attached hydrogen (secondary N) is 1. The second kappa shape index (κ2) is 8.91. The average molecular weight is 398 g/mol. The molecule has 3 rings (SSSR count). The Hall–Kier alpha value is -2.82. The third kappa shape index (κ3) is 4.53. The fraction of sp³-hybridized carbons (Fsp3) is 0.286. The number of anilines is 1. The number of rotatable bonds is 6. The second-order valence-corrected chi connectivity index (χ2v) is 8.34. The summed E-state index contributed by atoms with van der Waals surface area (Å²) in [5, 5.41) is 2.74. The van der Waals surface area contributed by atoms with Crippen LogP contribution in [0.3, 0.4) is 0 Å². The lowest BCUT2D eigenvalue weighted by molar-refractivity contribution is 0.102. The van der Waals surface area contributed by atoms with Crippen LogP contribution in [0.5, 0.6) is 5.75 Å². The number of ether oxygens (including phenoxy) is 1. The van der Waals surface area contributed by atoms with Gasteiger partial charge in [0, 0.05) is 24.8 Å². The Morgan fingerprint density at radius 2 is 1.86 bits per heavy atom. The number of carbonyl (C=O) groups is 1. The molecule has 1 aliphatic rings. The number of hydrogen-bond donors (Lipinski definition) is 1. The standard InChI is InChI=1S/C21H22N2O4S/c1-2-15-27-18-10-8-9-17(16-18)22-21(24)19-11-4-5-12-20(19)28(25,26)23-13-6-3-7-14-23/h1,4-5,8-12,16H,3,6-7,13-15H2,(H,22,24). The molecule has 28 heavy (non-hydrogen) atoms. The molecule has 1 aliphatic heterocycles. The summed E-state index contributed by atoms with van der Waals surface area (Å²) in [6, 6.07) is 13.0. The first-order valence-electron chi connectivity index (χ1n) is 9.09. The van der Waals surface area contributed by atoms with Gasteiger partial charge >= 0.3 is 0 Å². The second-order valence-electron chi connectivity index (χ2n) is 6.44. The summed E-state index contributed by atoms with van der Waals surface area (Å²) in [7, 11) is -3.72. The minimum atomic E-state index is -3.72. The first-order chi connectivity index (χ1) is 13.5. The molecule has 1 saturated heterocycles. The van der Waals surface area contributed by atoms with Crippen LogP contribution in [0.25, 0.3) is 0 Å². The molecule has 0 aliphatic carbocycles. The molecule has 0 bridgehead atoms. The van der Waals surface area contributed by atoms with Crippen molar-refractivity contribution in [1.29, 1.82) is 0 Å². The maximum absolute atomic E-state index is 13.0. The monoisotopic (exact) mass is 398 g/mol. The Bertz CT molecular complexity index is 989. The summed E-state index contributed by atoms with van der Waals surface area (Å²) in [6.45, 7) is 1.08. The van der Waals surface area contributed by atoms with Crippen molar-refractivity contribution in [2.75, 3.05) is 25.0 Å². The summed E-state index contributed by atoms with van der Waals surface area (Å²) >= 11 is 0. The Kier molecular flexibility index (Phi) is 6.34. The van der Waals surface area contributed by atoms with Gasteiger partial charge in [0.2, 0.25) is 10.0 Å². The van der Waals surface area contributed by atoms with Gasteiger partial charge in [0.1, 0.15) is 12.4 Å². The summed E-state index contributed by atoms with van der Waals surface area (Å²) in [4.78, 5) is 12.8. The van der Waals surface area contributed by atoms with E-state index in [4.69, 9.17) is 11.2 Å². The summed E-state index contributed by atoms with van der Waals surface area (Å²) in [6.07, 6.45) is 7.87. The quantitative estimate of drug-likeness (QED) is 0.759. The van der Waals surface area contributed by atoms with Crippen molar-refractivity contribution in [1.82, 2.24) is 4.31 Å². The molecular weight excluding hydrogens is 376 g/mol. The highest BCUT2D eigenvalue weighted by atomic mass is 32.2. The number of benzene rings is 2. The first kappa shape index (κ1) is 19.9. The van der Waals surface area contributed by atoms with E-state index in [2.05, 4.69) is 11.2 Å². The van der Waals surface area contributed by atoms with E-state index < -0.39 is 15.9 Å². The maximum atomic E-state index is 13.0. The van der Waals surface area contributed by atoms with Crippen LogP contribution in [0, 0.1) is 12.3 Å². The van der Waals surface area contributed by atoms with Crippen LogP contribution in [0.1, 0.15) is 29.6 Å². The minimum Gasteiger partial charge on any atom is -0.481 e. The number of amides is 1. The van der Waals surface area contributed by atoms with Gasteiger partial charge in [0.05, 0.1) is 10.5 Å². The highest BCUT2D eigenvalue weighted by molar-refractivity contribution is 7.89. The zero-order valence-electron chi connectivity index (χ0n) is 15.4. The normalized spacial score (nSPS) is 14.8. The van der Waals surface area contributed by atoms with Gasteiger partial charge in [-0.25, -0.2) is 8.42 Å². The molecule has 0 spiro atoms. The largest absolute Gasteiger partial charge is 0.481 e. The van der Waals surface area contributed by atoms with Gasteiger partial charge in [-0.1, -0.05) is 30.5 Å². The summed E-state index contributed by atoms with van der Waals surface area (Å²) in [5.74, 6) is 2.40.